The summed E-state index contributed by atoms with van der Waals surface area (Å²) in [5.41, 5.74) is 0. The molecule has 4 aliphatic carbocycles. The molecule has 4 saturated carbocycles. The van der Waals surface area contributed by atoms with Gasteiger partial charge < -0.3 is 4.74 Å². The van der Waals surface area contributed by atoms with Gasteiger partial charge >= 0.3 is 0 Å². The number of rotatable bonds is 7. The van der Waals surface area contributed by atoms with E-state index in [-0.39, 0.29) is 18.3 Å². The molecule has 34 heavy (non-hydrogen) atoms. The van der Waals surface area contributed by atoms with Crippen molar-refractivity contribution in [3.8, 4) is 0 Å². The number of ether oxygens (including phenoxy) is 1. The normalized spacial score (nSPS) is 44.6. The molecule has 0 heterocycles. The highest BCUT2D eigenvalue weighted by Gasteiger charge is 2.45. The van der Waals surface area contributed by atoms with Gasteiger partial charge in [0.2, 0.25) is 5.92 Å². The topological polar surface area (TPSA) is 9.23 Å². The molecule has 4 unspecified atom stereocenters. The van der Waals surface area contributed by atoms with Crippen molar-refractivity contribution in [3.63, 3.8) is 0 Å². The maximum absolute atomic E-state index is 14.9. The Hall–Kier alpha value is -0.320. The number of alkyl halides is 4. The zero-order chi connectivity index (χ0) is 24.3. The van der Waals surface area contributed by atoms with Gasteiger partial charge in [0.1, 0.15) is 6.17 Å². The van der Waals surface area contributed by atoms with Crippen molar-refractivity contribution in [2.45, 2.75) is 135 Å². The first kappa shape index (κ1) is 26.7. The highest BCUT2D eigenvalue weighted by molar-refractivity contribution is 4.94. The van der Waals surface area contributed by atoms with Crippen LogP contribution in [0.5, 0.6) is 0 Å². The smallest absolute Gasteiger partial charge is 0.245 e. The Morgan fingerprint density at radius 1 is 0.618 bits per heavy atom. The van der Waals surface area contributed by atoms with Crippen LogP contribution in [0.3, 0.4) is 0 Å². The van der Waals surface area contributed by atoms with Crippen LogP contribution in [0.15, 0.2) is 0 Å². The summed E-state index contributed by atoms with van der Waals surface area (Å²) in [4.78, 5) is 0. The predicted octanol–water partition coefficient (Wildman–Crippen LogP) is 8.94. The lowest BCUT2D eigenvalue weighted by Gasteiger charge is -2.44. The summed E-state index contributed by atoms with van der Waals surface area (Å²) in [7, 11) is 0. The average molecular weight is 489 g/mol. The van der Waals surface area contributed by atoms with Gasteiger partial charge in [-0.25, -0.2) is 17.6 Å². The third-order valence-corrected chi connectivity index (χ3v) is 10.3. The van der Waals surface area contributed by atoms with E-state index in [4.69, 9.17) is 4.74 Å². The van der Waals surface area contributed by atoms with Gasteiger partial charge in [0.25, 0.3) is 0 Å². The summed E-state index contributed by atoms with van der Waals surface area (Å²) >= 11 is 0. The second-order valence-electron chi connectivity index (χ2n) is 12.5. The van der Waals surface area contributed by atoms with Crippen molar-refractivity contribution < 1.29 is 22.3 Å². The largest absolute Gasteiger partial charge is 0.375 e. The van der Waals surface area contributed by atoms with E-state index in [0.29, 0.717) is 18.9 Å². The fourth-order valence-electron chi connectivity index (χ4n) is 8.50. The number of hydrogen-bond acceptors (Lipinski definition) is 1. The van der Waals surface area contributed by atoms with E-state index in [1.165, 1.54) is 38.5 Å². The molecule has 0 aromatic rings. The molecular weight excluding hydrogens is 440 g/mol. The van der Waals surface area contributed by atoms with Gasteiger partial charge in [-0.1, -0.05) is 0 Å². The van der Waals surface area contributed by atoms with Crippen LogP contribution in [0, 0.1) is 41.4 Å². The standard InChI is InChI=1S/C29H48F4O/c1-3-34-26-17-16-25(27(30)28(26)31)24-14-12-23(13-15-24)22-10-8-21(9-11-22)20-6-4-19(5-7-20)18-29(2,32)33/h19-28H,3-18H2,1-2H3. The Bertz CT molecular complexity index is 598. The van der Waals surface area contributed by atoms with Crippen molar-refractivity contribution in [1.29, 1.82) is 0 Å². The monoisotopic (exact) mass is 488 g/mol. The fourth-order valence-corrected chi connectivity index (χ4v) is 8.50. The van der Waals surface area contributed by atoms with Gasteiger partial charge in [-0.15, -0.1) is 0 Å². The highest BCUT2D eigenvalue weighted by atomic mass is 19.3. The second-order valence-corrected chi connectivity index (χ2v) is 12.5. The highest BCUT2D eigenvalue weighted by Crippen LogP contribution is 2.49. The van der Waals surface area contributed by atoms with Crippen molar-refractivity contribution in [1.82, 2.24) is 0 Å². The van der Waals surface area contributed by atoms with Crippen LogP contribution in [-0.2, 0) is 4.74 Å². The van der Waals surface area contributed by atoms with Crippen LogP contribution >= 0.6 is 0 Å². The van der Waals surface area contributed by atoms with Crippen LogP contribution in [-0.4, -0.2) is 31.0 Å². The first-order valence-corrected chi connectivity index (χ1v) is 14.5. The van der Waals surface area contributed by atoms with Crippen LogP contribution in [0.25, 0.3) is 0 Å². The minimum absolute atomic E-state index is 0.0677. The molecule has 0 aromatic heterocycles. The lowest BCUT2D eigenvalue weighted by atomic mass is 9.63. The molecule has 5 heteroatoms. The zero-order valence-electron chi connectivity index (χ0n) is 21.5. The summed E-state index contributed by atoms with van der Waals surface area (Å²) < 4.78 is 61.6. The number of hydrogen-bond donors (Lipinski definition) is 0. The van der Waals surface area contributed by atoms with Crippen LogP contribution in [0.2, 0.25) is 0 Å². The van der Waals surface area contributed by atoms with Gasteiger partial charge in [-0.3, -0.25) is 0 Å². The Morgan fingerprint density at radius 2 is 1.06 bits per heavy atom. The molecule has 0 N–H and O–H groups in total. The lowest BCUT2D eigenvalue weighted by Crippen LogP contribution is -2.46. The minimum atomic E-state index is -2.52. The second kappa shape index (κ2) is 11.8. The maximum Gasteiger partial charge on any atom is 0.245 e. The summed E-state index contributed by atoms with van der Waals surface area (Å²) in [6, 6.07) is 0. The van der Waals surface area contributed by atoms with E-state index in [1.807, 2.05) is 6.92 Å². The van der Waals surface area contributed by atoms with Gasteiger partial charge in [0, 0.05) is 13.0 Å². The van der Waals surface area contributed by atoms with Crippen molar-refractivity contribution in [3.05, 3.63) is 0 Å². The molecule has 0 radical (unpaired) electrons. The molecule has 4 fully saturated rings. The van der Waals surface area contributed by atoms with Crippen molar-refractivity contribution in [2.75, 3.05) is 6.61 Å². The van der Waals surface area contributed by atoms with E-state index in [0.717, 1.165) is 75.5 Å². The Kier molecular flexibility index (Phi) is 9.29. The Balaban J connectivity index is 1.16. The third-order valence-electron chi connectivity index (χ3n) is 10.3. The van der Waals surface area contributed by atoms with E-state index in [1.54, 1.807) is 0 Å². The summed E-state index contributed by atoms with van der Waals surface area (Å²) in [6.07, 6.45) is 12.1. The summed E-state index contributed by atoms with van der Waals surface area (Å²) in [6.45, 7) is 3.37. The molecule has 1 nitrogen and oxygen atoms in total. The molecule has 198 valence electrons. The predicted molar refractivity (Wildman–Crippen MR) is 130 cm³/mol. The first-order valence-electron chi connectivity index (χ1n) is 14.5. The fraction of sp³-hybridized carbons (Fsp3) is 1.00. The molecule has 4 rings (SSSR count). The maximum atomic E-state index is 14.9. The lowest BCUT2D eigenvalue weighted by molar-refractivity contribution is -0.0852. The first-order chi connectivity index (χ1) is 16.2. The SMILES string of the molecule is CCOC1CCC(C2CCC(C3CCC(C4CCC(CC(C)(F)F)CC4)CC3)CC2)C(F)C1F. The molecular formula is C29H48F4O. The molecule has 0 aliphatic heterocycles. The molecule has 4 aliphatic rings. The van der Waals surface area contributed by atoms with E-state index in [9.17, 15) is 17.6 Å². The van der Waals surface area contributed by atoms with Gasteiger partial charge in [-0.2, -0.15) is 0 Å². The zero-order valence-corrected chi connectivity index (χ0v) is 21.5. The quantitative estimate of drug-likeness (QED) is 0.325. The molecule has 4 atom stereocenters. The van der Waals surface area contributed by atoms with Crippen LogP contribution < -0.4 is 0 Å². The van der Waals surface area contributed by atoms with Gasteiger partial charge in [0.05, 0.1) is 6.10 Å². The Morgan fingerprint density at radius 3 is 1.50 bits per heavy atom. The molecule has 0 spiro atoms. The third kappa shape index (κ3) is 6.71. The van der Waals surface area contributed by atoms with Crippen molar-refractivity contribution >= 4 is 0 Å². The minimum Gasteiger partial charge on any atom is -0.375 e. The van der Waals surface area contributed by atoms with Crippen molar-refractivity contribution in [2.24, 2.45) is 41.4 Å². The molecule has 0 aromatic carbocycles. The molecule has 0 bridgehead atoms. The molecule has 0 amide bonds. The van der Waals surface area contributed by atoms with Gasteiger partial charge in [0.15, 0.2) is 6.17 Å². The van der Waals surface area contributed by atoms with E-state index in [2.05, 4.69) is 0 Å². The molecule has 0 saturated heterocycles. The van der Waals surface area contributed by atoms with Crippen LogP contribution in [0.1, 0.15) is 110 Å². The van der Waals surface area contributed by atoms with E-state index < -0.39 is 24.4 Å². The Labute approximate surface area is 205 Å². The number of halogens is 4. The van der Waals surface area contributed by atoms with Gasteiger partial charge in [-0.05, 0) is 145 Å². The average Bonchev–Trinajstić information content (AvgIpc) is 2.82. The summed E-state index contributed by atoms with van der Waals surface area (Å²) in [5, 5.41) is 0. The van der Waals surface area contributed by atoms with E-state index >= 15 is 0 Å². The van der Waals surface area contributed by atoms with Crippen LogP contribution in [0.4, 0.5) is 17.6 Å². The summed E-state index contributed by atoms with van der Waals surface area (Å²) in [5.74, 6) is 1.03.